The van der Waals surface area contributed by atoms with Crippen molar-refractivity contribution in [1.82, 2.24) is 5.16 Å². The van der Waals surface area contributed by atoms with Crippen molar-refractivity contribution < 1.29 is 14.1 Å². The number of nitrogens with one attached hydrogen (secondary N) is 2. The van der Waals surface area contributed by atoms with Gasteiger partial charge in [-0.05, 0) is 44.9 Å². The number of amides is 2. The number of nitrogens with zero attached hydrogens (tertiary/aromatic N) is 1. The summed E-state index contributed by atoms with van der Waals surface area (Å²) in [6, 6.07) is 4.34. The van der Waals surface area contributed by atoms with Crippen molar-refractivity contribution in [2.45, 2.75) is 32.6 Å². The molecule has 3 rings (SSSR count). The highest BCUT2D eigenvalue weighted by Crippen LogP contribution is 2.44. The van der Waals surface area contributed by atoms with E-state index in [-0.39, 0.29) is 5.78 Å². The van der Waals surface area contributed by atoms with E-state index in [9.17, 15) is 9.59 Å². The Morgan fingerprint density at radius 3 is 2.65 bits per heavy atom. The van der Waals surface area contributed by atoms with Gasteiger partial charge in [-0.2, -0.15) is 0 Å². The fourth-order valence-corrected chi connectivity index (χ4v) is 2.63. The zero-order valence-electron chi connectivity index (χ0n) is 12.8. The van der Waals surface area contributed by atoms with E-state index in [0.29, 0.717) is 33.6 Å². The fraction of sp³-hybridized carbons (Fsp3) is 0.312. The Balaban J connectivity index is 1.71. The standard InChI is InChI=1S/C16H16ClN3O3/c1-8-14(15(23-20-8)10-3-4-10)19-16(22)18-11-5-6-12(9(2)21)13(17)7-11/h5-7,10H,3-4H2,1-2H3,(H2,18,19,22). The molecule has 1 heterocycles. The highest BCUT2D eigenvalue weighted by atomic mass is 35.5. The van der Waals surface area contributed by atoms with Gasteiger partial charge in [-0.25, -0.2) is 4.79 Å². The molecule has 120 valence electrons. The summed E-state index contributed by atoms with van der Waals surface area (Å²) in [4.78, 5) is 23.5. The maximum Gasteiger partial charge on any atom is 0.323 e. The number of carbonyl (C=O) groups excluding carboxylic acids is 2. The molecule has 1 aliphatic rings. The lowest BCUT2D eigenvalue weighted by atomic mass is 10.1. The Labute approximate surface area is 138 Å². The smallest absolute Gasteiger partial charge is 0.323 e. The minimum Gasteiger partial charge on any atom is -0.359 e. The van der Waals surface area contributed by atoms with Crippen molar-refractivity contribution in [1.29, 1.82) is 0 Å². The molecule has 1 saturated carbocycles. The molecule has 1 aromatic carbocycles. The molecule has 1 aliphatic carbocycles. The summed E-state index contributed by atoms with van der Waals surface area (Å²) >= 11 is 6.03. The number of hydrogen-bond acceptors (Lipinski definition) is 4. The maximum absolute atomic E-state index is 12.2. The first kappa shape index (κ1) is 15.6. The van der Waals surface area contributed by atoms with Crippen LogP contribution in [0.4, 0.5) is 16.2 Å². The lowest BCUT2D eigenvalue weighted by Gasteiger charge is -2.09. The average molecular weight is 334 g/mol. The van der Waals surface area contributed by atoms with Gasteiger partial charge in [0.15, 0.2) is 11.5 Å². The molecule has 2 N–H and O–H groups in total. The number of carbonyl (C=O) groups is 2. The number of aromatic nitrogens is 1. The molecule has 6 nitrogen and oxygen atoms in total. The molecule has 0 atom stereocenters. The van der Waals surface area contributed by atoms with Crippen LogP contribution < -0.4 is 10.6 Å². The summed E-state index contributed by atoms with van der Waals surface area (Å²) in [5.41, 5.74) is 2.19. The number of anilines is 2. The Morgan fingerprint density at radius 1 is 1.30 bits per heavy atom. The molecule has 0 radical (unpaired) electrons. The zero-order valence-corrected chi connectivity index (χ0v) is 13.5. The molecule has 2 aromatic rings. The monoisotopic (exact) mass is 333 g/mol. The van der Waals surface area contributed by atoms with Crippen LogP contribution in [0.1, 0.15) is 47.5 Å². The van der Waals surface area contributed by atoms with Gasteiger partial charge in [0, 0.05) is 17.2 Å². The van der Waals surface area contributed by atoms with Crippen LogP contribution >= 0.6 is 11.6 Å². The third-order valence-electron chi connectivity index (χ3n) is 3.68. The van der Waals surface area contributed by atoms with Crippen LogP contribution in [0.3, 0.4) is 0 Å². The zero-order chi connectivity index (χ0) is 16.6. The van der Waals surface area contributed by atoms with Crippen molar-refractivity contribution in [3.05, 3.63) is 40.2 Å². The highest BCUT2D eigenvalue weighted by Gasteiger charge is 2.32. The van der Waals surface area contributed by atoms with E-state index in [0.717, 1.165) is 18.6 Å². The van der Waals surface area contributed by atoms with E-state index < -0.39 is 6.03 Å². The number of rotatable bonds is 4. The first-order valence-corrected chi connectivity index (χ1v) is 7.68. The van der Waals surface area contributed by atoms with Crippen LogP contribution in [-0.4, -0.2) is 17.0 Å². The summed E-state index contributed by atoms with van der Waals surface area (Å²) in [6.07, 6.45) is 2.10. The van der Waals surface area contributed by atoms with E-state index in [1.54, 1.807) is 25.1 Å². The van der Waals surface area contributed by atoms with Crippen LogP contribution in [0.2, 0.25) is 5.02 Å². The topological polar surface area (TPSA) is 84.2 Å². The molecule has 1 fully saturated rings. The molecule has 23 heavy (non-hydrogen) atoms. The number of ketones is 1. The van der Waals surface area contributed by atoms with Crippen LogP contribution in [-0.2, 0) is 0 Å². The Kier molecular flexibility index (Phi) is 4.09. The number of halogens is 1. The number of benzene rings is 1. The van der Waals surface area contributed by atoms with E-state index in [1.165, 1.54) is 6.92 Å². The van der Waals surface area contributed by atoms with Crippen LogP contribution in [0.15, 0.2) is 22.7 Å². The lowest BCUT2D eigenvalue weighted by Crippen LogP contribution is -2.20. The van der Waals surface area contributed by atoms with Gasteiger partial charge >= 0.3 is 6.03 Å². The van der Waals surface area contributed by atoms with Crippen LogP contribution in [0.5, 0.6) is 0 Å². The second kappa shape index (κ2) is 6.04. The first-order valence-electron chi connectivity index (χ1n) is 7.30. The third-order valence-corrected chi connectivity index (χ3v) is 3.99. The van der Waals surface area contributed by atoms with Gasteiger partial charge in [-0.15, -0.1) is 0 Å². The summed E-state index contributed by atoms with van der Waals surface area (Å²) in [6.45, 7) is 3.22. The number of Topliss-reactive ketones (excluding diaryl/α,β-unsaturated/α-hetero) is 1. The molecule has 2 amide bonds. The average Bonchev–Trinajstić information content (AvgIpc) is 3.25. The second-order valence-electron chi connectivity index (χ2n) is 5.61. The number of hydrogen-bond donors (Lipinski definition) is 2. The van der Waals surface area contributed by atoms with Crippen molar-refractivity contribution in [2.24, 2.45) is 0 Å². The van der Waals surface area contributed by atoms with E-state index in [2.05, 4.69) is 15.8 Å². The van der Waals surface area contributed by atoms with Crippen molar-refractivity contribution >= 4 is 34.8 Å². The number of urea groups is 1. The summed E-state index contributed by atoms with van der Waals surface area (Å²) in [5.74, 6) is 0.943. The van der Waals surface area contributed by atoms with Crippen molar-refractivity contribution in [3.63, 3.8) is 0 Å². The predicted molar refractivity (Wildman–Crippen MR) is 87.3 cm³/mol. The largest absolute Gasteiger partial charge is 0.359 e. The minimum atomic E-state index is -0.412. The summed E-state index contributed by atoms with van der Waals surface area (Å²) < 4.78 is 5.28. The van der Waals surface area contributed by atoms with E-state index in [1.807, 2.05) is 0 Å². The molecular weight excluding hydrogens is 318 g/mol. The third kappa shape index (κ3) is 3.37. The molecule has 0 aliphatic heterocycles. The van der Waals surface area contributed by atoms with Crippen LogP contribution in [0.25, 0.3) is 0 Å². The molecule has 7 heteroatoms. The fourth-order valence-electron chi connectivity index (χ4n) is 2.32. The molecule has 0 saturated heterocycles. The summed E-state index contributed by atoms with van der Waals surface area (Å²) in [7, 11) is 0. The van der Waals surface area contributed by atoms with Gasteiger partial charge in [-0.3, -0.25) is 4.79 Å². The normalized spacial score (nSPS) is 13.7. The quantitative estimate of drug-likeness (QED) is 0.814. The number of aryl methyl sites for hydroxylation is 1. The van der Waals surface area contributed by atoms with Gasteiger partial charge in [0.05, 0.1) is 5.02 Å². The van der Waals surface area contributed by atoms with Crippen LogP contribution in [0, 0.1) is 6.92 Å². The molecule has 0 bridgehead atoms. The second-order valence-corrected chi connectivity index (χ2v) is 6.02. The predicted octanol–water partition coefficient (Wildman–Crippen LogP) is 4.36. The molecule has 0 unspecified atom stereocenters. The van der Waals surface area contributed by atoms with Crippen molar-refractivity contribution in [3.8, 4) is 0 Å². The van der Waals surface area contributed by atoms with Crippen molar-refractivity contribution in [2.75, 3.05) is 10.6 Å². The van der Waals surface area contributed by atoms with Gasteiger partial charge < -0.3 is 15.2 Å². The lowest BCUT2D eigenvalue weighted by molar-refractivity contribution is 0.101. The Hall–Kier alpha value is -2.34. The first-order chi connectivity index (χ1) is 11.0. The Bertz CT molecular complexity index is 781. The molecule has 0 spiro atoms. The van der Waals surface area contributed by atoms with Gasteiger partial charge in [-0.1, -0.05) is 16.8 Å². The Morgan fingerprint density at radius 2 is 2.04 bits per heavy atom. The molecular formula is C16H16ClN3O3. The highest BCUT2D eigenvalue weighted by molar-refractivity contribution is 6.34. The SMILES string of the molecule is CC(=O)c1ccc(NC(=O)Nc2c(C)noc2C2CC2)cc1Cl. The van der Waals surface area contributed by atoms with Gasteiger partial charge in [0.25, 0.3) is 0 Å². The van der Waals surface area contributed by atoms with Gasteiger partial charge in [0.2, 0.25) is 0 Å². The van der Waals surface area contributed by atoms with E-state index >= 15 is 0 Å². The van der Waals surface area contributed by atoms with Gasteiger partial charge in [0.1, 0.15) is 11.4 Å². The minimum absolute atomic E-state index is 0.125. The van der Waals surface area contributed by atoms with E-state index in [4.69, 9.17) is 16.1 Å². The summed E-state index contributed by atoms with van der Waals surface area (Å²) in [5, 5.41) is 9.66. The molecule has 1 aromatic heterocycles. The maximum atomic E-state index is 12.2.